The van der Waals surface area contributed by atoms with Crippen LogP contribution in [0.25, 0.3) is 0 Å². The van der Waals surface area contributed by atoms with Crippen LogP contribution < -0.4 is 0 Å². The first-order valence-electron chi connectivity index (χ1n) is 7.53. The lowest BCUT2D eigenvalue weighted by molar-refractivity contribution is 0.0584. The predicted molar refractivity (Wildman–Crippen MR) is 77.5 cm³/mol. The zero-order chi connectivity index (χ0) is 13.8. The molecule has 20 heavy (non-hydrogen) atoms. The molecule has 1 aliphatic heterocycles. The summed E-state index contributed by atoms with van der Waals surface area (Å²) >= 11 is 0. The van der Waals surface area contributed by atoms with Gasteiger partial charge in [0, 0.05) is 32.7 Å². The number of amides is 1. The Balaban J connectivity index is 1.47. The maximum Gasteiger partial charge on any atom is 0.289 e. The molecule has 2 heterocycles. The van der Waals surface area contributed by atoms with E-state index in [4.69, 9.17) is 4.42 Å². The van der Waals surface area contributed by atoms with Gasteiger partial charge in [0.05, 0.1) is 6.26 Å². The Morgan fingerprint density at radius 1 is 1.25 bits per heavy atom. The molecular formula is C16H22N2O2. The fourth-order valence-electron chi connectivity index (χ4n) is 3.08. The van der Waals surface area contributed by atoms with Crippen LogP contribution in [0.4, 0.5) is 0 Å². The molecule has 4 heteroatoms. The van der Waals surface area contributed by atoms with Gasteiger partial charge >= 0.3 is 0 Å². The van der Waals surface area contributed by atoms with Crippen molar-refractivity contribution in [3.63, 3.8) is 0 Å². The number of allylic oxidation sites excluding steroid dienone is 2. The van der Waals surface area contributed by atoms with Crippen molar-refractivity contribution in [2.45, 2.75) is 19.3 Å². The number of hydrogen-bond donors (Lipinski definition) is 0. The SMILES string of the molecule is O=C(c1ccco1)N1CCN(C[C@@H]2CC=CCC2)CC1. The third-order valence-electron chi connectivity index (χ3n) is 4.29. The minimum Gasteiger partial charge on any atom is -0.459 e. The highest BCUT2D eigenvalue weighted by molar-refractivity contribution is 5.91. The number of carbonyl (C=O) groups excluding carboxylic acids is 1. The summed E-state index contributed by atoms with van der Waals surface area (Å²) in [5.41, 5.74) is 0. The van der Waals surface area contributed by atoms with Crippen molar-refractivity contribution >= 4 is 5.91 Å². The van der Waals surface area contributed by atoms with Crippen LogP contribution in [-0.2, 0) is 0 Å². The largest absolute Gasteiger partial charge is 0.459 e. The average Bonchev–Trinajstić information content (AvgIpc) is 3.03. The van der Waals surface area contributed by atoms with Gasteiger partial charge in [0.2, 0.25) is 0 Å². The van der Waals surface area contributed by atoms with Crippen molar-refractivity contribution in [3.05, 3.63) is 36.3 Å². The zero-order valence-electron chi connectivity index (χ0n) is 11.8. The molecule has 0 radical (unpaired) electrons. The number of nitrogens with zero attached hydrogens (tertiary/aromatic N) is 2. The summed E-state index contributed by atoms with van der Waals surface area (Å²) < 4.78 is 5.18. The summed E-state index contributed by atoms with van der Waals surface area (Å²) in [6.07, 6.45) is 9.90. The lowest BCUT2D eigenvalue weighted by atomic mass is 9.94. The molecule has 1 fully saturated rings. The van der Waals surface area contributed by atoms with E-state index in [9.17, 15) is 4.79 Å². The Hall–Kier alpha value is -1.55. The molecule has 0 bridgehead atoms. The Bertz CT molecular complexity index is 459. The lowest BCUT2D eigenvalue weighted by Gasteiger charge is -2.36. The van der Waals surface area contributed by atoms with Gasteiger partial charge in [-0.3, -0.25) is 9.69 Å². The first-order chi connectivity index (χ1) is 9.83. The van der Waals surface area contributed by atoms with Crippen molar-refractivity contribution in [1.29, 1.82) is 0 Å². The maximum atomic E-state index is 12.2. The van der Waals surface area contributed by atoms with Gasteiger partial charge in [-0.25, -0.2) is 0 Å². The highest BCUT2D eigenvalue weighted by Crippen LogP contribution is 2.20. The fraction of sp³-hybridized carbons (Fsp3) is 0.562. The number of carbonyl (C=O) groups is 1. The zero-order valence-corrected chi connectivity index (χ0v) is 11.8. The molecule has 0 N–H and O–H groups in total. The Labute approximate surface area is 120 Å². The van der Waals surface area contributed by atoms with Gasteiger partial charge < -0.3 is 9.32 Å². The van der Waals surface area contributed by atoms with Crippen LogP contribution in [0.15, 0.2) is 35.0 Å². The Kier molecular flexibility index (Phi) is 4.21. The van der Waals surface area contributed by atoms with Crippen molar-refractivity contribution < 1.29 is 9.21 Å². The first kappa shape index (κ1) is 13.4. The van der Waals surface area contributed by atoms with Gasteiger partial charge in [-0.2, -0.15) is 0 Å². The van der Waals surface area contributed by atoms with Crippen molar-refractivity contribution in [1.82, 2.24) is 9.80 Å². The van der Waals surface area contributed by atoms with E-state index in [0.717, 1.165) is 32.1 Å². The number of rotatable bonds is 3. The highest BCUT2D eigenvalue weighted by atomic mass is 16.3. The van der Waals surface area contributed by atoms with E-state index in [2.05, 4.69) is 17.1 Å². The molecule has 1 atom stereocenters. The molecule has 108 valence electrons. The van der Waals surface area contributed by atoms with Gasteiger partial charge in [0.1, 0.15) is 0 Å². The predicted octanol–water partition coefficient (Wildman–Crippen LogP) is 2.39. The highest BCUT2D eigenvalue weighted by Gasteiger charge is 2.24. The monoisotopic (exact) mass is 274 g/mol. The first-order valence-corrected chi connectivity index (χ1v) is 7.53. The molecule has 1 aliphatic carbocycles. The number of piperazine rings is 1. The Morgan fingerprint density at radius 2 is 2.10 bits per heavy atom. The van der Waals surface area contributed by atoms with E-state index in [0.29, 0.717) is 5.76 Å². The molecule has 0 unspecified atom stereocenters. The fourth-order valence-corrected chi connectivity index (χ4v) is 3.08. The minimum atomic E-state index is 0.0234. The smallest absolute Gasteiger partial charge is 0.289 e. The molecule has 0 spiro atoms. The molecule has 1 amide bonds. The number of furan rings is 1. The summed E-state index contributed by atoms with van der Waals surface area (Å²) in [4.78, 5) is 16.6. The van der Waals surface area contributed by atoms with Crippen LogP contribution in [0, 0.1) is 5.92 Å². The second-order valence-electron chi connectivity index (χ2n) is 5.72. The van der Waals surface area contributed by atoms with Gasteiger partial charge in [0.15, 0.2) is 5.76 Å². The van der Waals surface area contributed by atoms with Crippen LogP contribution in [-0.4, -0.2) is 48.4 Å². The molecule has 4 nitrogen and oxygen atoms in total. The van der Waals surface area contributed by atoms with Gasteiger partial charge in [-0.05, 0) is 37.3 Å². The summed E-state index contributed by atoms with van der Waals surface area (Å²) in [5.74, 6) is 1.28. The van der Waals surface area contributed by atoms with E-state index in [1.165, 1.54) is 25.8 Å². The molecule has 0 saturated carbocycles. The van der Waals surface area contributed by atoms with Gasteiger partial charge in [0.25, 0.3) is 5.91 Å². The average molecular weight is 274 g/mol. The molecule has 2 aliphatic rings. The summed E-state index contributed by atoms with van der Waals surface area (Å²) in [5, 5.41) is 0. The molecule has 3 rings (SSSR count). The van der Waals surface area contributed by atoms with Crippen LogP contribution in [0.1, 0.15) is 29.8 Å². The maximum absolute atomic E-state index is 12.2. The van der Waals surface area contributed by atoms with E-state index in [1.807, 2.05) is 4.90 Å². The lowest BCUT2D eigenvalue weighted by Crippen LogP contribution is -2.49. The topological polar surface area (TPSA) is 36.7 Å². The van der Waals surface area contributed by atoms with E-state index >= 15 is 0 Å². The molecular weight excluding hydrogens is 252 g/mol. The Morgan fingerprint density at radius 3 is 2.75 bits per heavy atom. The molecule has 1 saturated heterocycles. The van der Waals surface area contributed by atoms with Crippen LogP contribution in [0.3, 0.4) is 0 Å². The second-order valence-corrected chi connectivity index (χ2v) is 5.72. The van der Waals surface area contributed by atoms with Gasteiger partial charge in [-0.15, -0.1) is 0 Å². The third-order valence-corrected chi connectivity index (χ3v) is 4.29. The van der Waals surface area contributed by atoms with E-state index in [1.54, 1.807) is 18.4 Å². The third kappa shape index (κ3) is 3.12. The van der Waals surface area contributed by atoms with Crippen molar-refractivity contribution in [3.8, 4) is 0 Å². The van der Waals surface area contributed by atoms with Crippen LogP contribution in [0.2, 0.25) is 0 Å². The van der Waals surface area contributed by atoms with Crippen LogP contribution in [0.5, 0.6) is 0 Å². The minimum absolute atomic E-state index is 0.0234. The van der Waals surface area contributed by atoms with E-state index < -0.39 is 0 Å². The molecule has 0 aromatic carbocycles. The molecule has 1 aromatic heterocycles. The summed E-state index contributed by atoms with van der Waals surface area (Å²) in [6.45, 7) is 4.75. The summed E-state index contributed by atoms with van der Waals surface area (Å²) in [7, 11) is 0. The standard InChI is InChI=1S/C16H22N2O2/c19-16(15-7-4-12-20-15)18-10-8-17(9-11-18)13-14-5-2-1-3-6-14/h1-2,4,7,12,14H,3,5-6,8-11,13H2/t14-/m1/s1. The summed E-state index contributed by atoms with van der Waals surface area (Å²) in [6, 6.07) is 3.50. The molecule has 1 aromatic rings. The van der Waals surface area contributed by atoms with E-state index in [-0.39, 0.29) is 5.91 Å². The van der Waals surface area contributed by atoms with Crippen molar-refractivity contribution in [2.75, 3.05) is 32.7 Å². The quantitative estimate of drug-likeness (QED) is 0.794. The second kappa shape index (κ2) is 6.27. The number of hydrogen-bond acceptors (Lipinski definition) is 3. The van der Waals surface area contributed by atoms with Crippen LogP contribution >= 0.6 is 0 Å². The van der Waals surface area contributed by atoms with Gasteiger partial charge in [-0.1, -0.05) is 12.2 Å². The van der Waals surface area contributed by atoms with Crippen molar-refractivity contribution in [2.24, 2.45) is 5.92 Å². The normalized spacial score (nSPS) is 24.0.